The van der Waals surface area contributed by atoms with Crippen molar-refractivity contribution in [2.45, 2.75) is 77.2 Å². The third-order valence-corrected chi connectivity index (χ3v) is 6.61. The molecule has 4 rings (SSSR count). The van der Waals surface area contributed by atoms with E-state index in [1.54, 1.807) is 18.3 Å². The van der Waals surface area contributed by atoms with Gasteiger partial charge < -0.3 is 19.7 Å². The van der Waals surface area contributed by atoms with Crippen molar-refractivity contribution in [3.63, 3.8) is 0 Å². The number of amides is 1. The molecule has 1 aromatic heterocycles. The Morgan fingerprint density at radius 3 is 2.67 bits per heavy atom. The van der Waals surface area contributed by atoms with Crippen molar-refractivity contribution in [3.8, 4) is 5.75 Å². The van der Waals surface area contributed by atoms with Crippen LogP contribution in [0.1, 0.15) is 75.5 Å². The summed E-state index contributed by atoms with van der Waals surface area (Å²) in [5, 5.41) is 3.37. The lowest BCUT2D eigenvalue weighted by Crippen LogP contribution is -2.52. The Balaban J connectivity index is 1.43. The number of hydrogen-bond donors (Lipinski definition) is 1. The monoisotopic (exact) mass is 455 g/mol. The molecule has 0 unspecified atom stereocenters. The van der Waals surface area contributed by atoms with Gasteiger partial charge >= 0.3 is 0 Å². The van der Waals surface area contributed by atoms with E-state index in [2.05, 4.69) is 24.1 Å². The number of ether oxygens (including phenoxy) is 2. The molecule has 33 heavy (non-hydrogen) atoms. The zero-order valence-corrected chi connectivity index (χ0v) is 19.9. The summed E-state index contributed by atoms with van der Waals surface area (Å²) >= 11 is 0. The van der Waals surface area contributed by atoms with Crippen molar-refractivity contribution < 1.29 is 18.7 Å². The normalized spacial score (nSPS) is 20.3. The maximum atomic E-state index is 13.9. The van der Waals surface area contributed by atoms with E-state index in [1.807, 2.05) is 24.8 Å². The van der Waals surface area contributed by atoms with Crippen LogP contribution in [0.3, 0.4) is 0 Å². The molecule has 1 amide bonds. The highest BCUT2D eigenvalue weighted by Crippen LogP contribution is 2.46. The number of benzene rings is 1. The van der Waals surface area contributed by atoms with Crippen LogP contribution in [-0.2, 0) is 4.74 Å². The number of anilines is 1. The molecule has 0 saturated carbocycles. The summed E-state index contributed by atoms with van der Waals surface area (Å²) < 4.78 is 26.4. The predicted molar refractivity (Wildman–Crippen MR) is 126 cm³/mol. The lowest BCUT2D eigenvalue weighted by Gasteiger charge is -2.47. The van der Waals surface area contributed by atoms with Crippen LogP contribution in [0, 0.1) is 5.82 Å². The maximum absolute atomic E-state index is 13.9. The van der Waals surface area contributed by atoms with Gasteiger partial charge in [0.1, 0.15) is 22.9 Å². The molecule has 1 saturated heterocycles. The number of carbonyl (C=O) groups excluding carboxylic acids is 1. The van der Waals surface area contributed by atoms with Gasteiger partial charge in [-0.15, -0.1) is 0 Å². The highest BCUT2D eigenvalue weighted by atomic mass is 19.1. The Morgan fingerprint density at radius 2 is 2.03 bits per heavy atom. The summed E-state index contributed by atoms with van der Waals surface area (Å²) in [5.41, 5.74) is 1.72. The van der Waals surface area contributed by atoms with E-state index < -0.39 is 5.60 Å². The van der Waals surface area contributed by atoms with Gasteiger partial charge in [0, 0.05) is 44.0 Å². The fraction of sp³-hybridized carbons (Fsp3) is 0.538. The number of piperidine rings is 1. The first-order valence-corrected chi connectivity index (χ1v) is 11.9. The van der Waals surface area contributed by atoms with Gasteiger partial charge in [-0.1, -0.05) is 6.92 Å². The number of aromatic nitrogens is 1. The van der Waals surface area contributed by atoms with Crippen LogP contribution in [0.25, 0.3) is 0 Å². The Morgan fingerprint density at radius 1 is 1.27 bits per heavy atom. The molecule has 6 nitrogen and oxygen atoms in total. The Hall–Kier alpha value is -2.67. The highest BCUT2D eigenvalue weighted by Gasteiger charge is 2.45. The Labute approximate surface area is 195 Å². The number of fused-ring (bicyclic) bond motifs is 1. The SMILES string of the molecule is CC[C@H](C)Nc1ccc(C(=O)N2CCC3(CC2)C[C@@H](OC(C)C)c2cc(F)ccc2O3)nc1. The molecular formula is C26H34FN3O3. The minimum atomic E-state index is -0.418. The smallest absolute Gasteiger partial charge is 0.272 e. The van der Waals surface area contributed by atoms with E-state index in [0.29, 0.717) is 49.8 Å². The molecule has 1 fully saturated rings. The van der Waals surface area contributed by atoms with Gasteiger partial charge in [-0.25, -0.2) is 9.37 Å². The van der Waals surface area contributed by atoms with Gasteiger partial charge in [-0.05, 0) is 57.5 Å². The van der Waals surface area contributed by atoms with Crippen molar-refractivity contribution in [1.82, 2.24) is 9.88 Å². The number of halogens is 1. The van der Waals surface area contributed by atoms with Crippen LogP contribution in [0.5, 0.6) is 5.75 Å². The van der Waals surface area contributed by atoms with E-state index in [9.17, 15) is 9.18 Å². The topological polar surface area (TPSA) is 63.7 Å². The van der Waals surface area contributed by atoms with Crippen molar-refractivity contribution >= 4 is 11.6 Å². The van der Waals surface area contributed by atoms with E-state index in [-0.39, 0.29) is 23.9 Å². The van der Waals surface area contributed by atoms with Gasteiger partial charge in [0.25, 0.3) is 5.91 Å². The van der Waals surface area contributed by atoms with Gasteiger partial charge in [0.15, 0.2) is 0 Å². The molecule has 0 aliphatic carbocycles. The van der Waals surface area contributed by atoms with E-state index in [1.165, 1.54) is 12.1 Å². The molecule has 2 aromatic rings. The van der Waals surface area contributed by atoms with Crippen LogP contribution in [0.4, 0.5) is 10.1 Å². The number of hydrogen-bond acceptors (Lipinski definition) is 5. The number of rotatable bonds is 6. The minimum Gasteiger partial charge on any atom is -0.487 e. The first kappa shape index (κ1) is 23.5. The quantitative estimate of drug-likeness (QED) is 0.636. The molecule has 2 aliphatic heterocycles. The fourth-order valence-electron chi connectivity index (χ4n) is 4.61. The zero-order chi connectivity index (χ0) is 23.6. The molecule has 1 aromatic carbocycles. The Bertz CT molecular complexity index is 971. The van der Waals surface area contributed by atoms with Crippen LogP contribution < -0.4 is 10.1 Å². The first-order chi connectivity index (χ1) is 15.8. The van der Waals surface area contributed by atoms with Crippen LogP contribution in [-0.4, -0.2) is 46.6 Å². The standard InChI is InChI=1S/C26H34FN3O3/c1-5-18(4)29-20-7-8-22(28-16-20)25(31)30-12-10-26(11-13-30)15-24(32-17(2)3)21-14-19(27)6-9-23(21)33-26/h6-9,14,16-18,24,29H,5,10-13,15H2,1-4H3/t18-,24+/m0/s1. The lowest BCUT2D eigenvalue weighted by molar-refractivity contribution is -0.0874. The second kappa shape index (κ2) is 9.67. The van der Waals surface area contributed by atoms with Crippen molar-refractivity contribution in [1.29, 1.82) is 0 Å². The van der Waals surface area contributed by atoms with Crippen molar-refractivity contribution in [2.24, 2.45) is 0 Å². The van der Waals surface area contributed by atoms with Crippen LogP contribution >= 0.6 is 0 Å². The molecule has 3 heterocycles. The number of carbonyl (C=O) groups is 1. The van der Waals surface area contributed by atoms with Crippen LogP contribution in [0.15, 0.2) is 36.5 Å². The molecule has 7 heteroatoms. The summed E-state index contributed by atoms with van der Waals surface area (Å²) in [5.74, 6) is 0.330. The molecule has 0 bridgehead atoms. The highest BCUT2D eigenvalue weighted by molar-refractivity contribution is 5.92. The summed E-state index contributed by atoms with van der Waals surface area (Å²) in [6, 6.07) is 8.68. The fourth-order valence-corrected chi connectivity index (χ4v) is 4.61. The summed E-state index contributed by atoms with van der Waals surface area (Å²) in [6.07, 6.45) is 4.57. The largest absolute Gasteiger partial charge is 0.487 e. The number of nitrogens with zero attached hydrogens (tertiary/aromatic N) is 2. The van der Waals surface area contributed by atoms with Gasteiger partial charge in [-0.3, -0.25) is 4.79 Å². The summed E-state index contributed by atoms with van der Waals surface area (Å²) in [6.45, 7) is 9.37. The molecule has 1 N–H and O–H groups in total. The minimum absolute atomic E-state index is 0.0202. The molecule has 1 spiro atoms. The predicted octanol–water partition coefficient (Wildman–Crippen LogP) is 5.35. The second-order valence-corrected chi connectivity index (χ2v) is 9.52. The molecule has 0 radical (unpaired) electrons. The number of pyridine rings is 1. The van der Waals surface area contributed by atoms with Crippen LogP contribution in [0.2, 0.25) is 0 Å². The third-order valence-electron chi connectivity index (χ3n) is 6.61. The maximum Gasteiger partial charge on any atom is 0.272 e. The second-order valence-electron chi connectivity index (χ2n) is 9.52. The molecule has 2 aliphatic rings. The Kier molecular flexibility index (Phi) is 6.88. The molecular weight excluding hydrogens is 421 g/mol. The summed E-state index contributed by atoms with van der Waals surface area (Å²) in [7, 11) is 0. The number of nitrogens with one attached hydrogen (secondary N) is 1. The van der Waals surface area contributed by atoms with E-state index in [0.717, 1.165) is 17.7 Å². The van der Waals surface area contributed by atoms with Crippen molar-refractivity contribution in [2.75, 3.05) is 18.4 Å². The third kappa shape index (κ3) is 5.29. The van der Waals surface area contributed by atoms with Gasteiger partial charge in [-0.2, -0.15) is 0 Å². The average Bonchev–Trinajstić information content (AvgIpc) is 2.80. The molecule has 178 valence electrons. The lowest BCUT2D eigenvalue weighted by atomic mass is 9.81. The number of likely N-dealkylation sites (tertiary alicyclic amines) is 1. The van der Waals surface area contributed by atoms with Gasteiger partial charge in [0.05, 0.1) is 24.1 Å². The van der Waals surface area contributed by atoms with E-state index in [4.69, 9.17) is 9.47 Å². The van der Waals surface area contributed by atoms with E-state index >= 15 is 0 Å². The van der Waals surface area contributed by atoms with Crippen molar-refractivity contribution in [3.05, 3.63) is 53.6 Å². The molecule has 2 atom stereocenters. The first-order valence-electron chi connectivity index (χ1n) is 11.9. The average molecular weight is 456 g/mol. The summed E-state index contributed by atoms with van der Waals surface area (Å²) in [4.78, 5) is 19.3. The van der Waals surface area contributed by atoms with Gasteiger partial charge in [0.2, 0.25) is 0 Å². The zero-order valence-electron chi connectivity index (χ0n) is 19.9.